The number of nitrogens with two attached hydrogens (primary N) is 1. The second kappa shape index (κ2) is 6.28. The van der Waals surface area contributed by atoms with Crippen molar-refractivity contribution in [3.63, 3.8) is 0 Å². The minimum Gasteiger partial charge on any atom is -0.453 e. The molecular formula is C14H13BrF2N2O. The lowest BCUT2D eigenvalue weighted by Gasteiger charge is -2.10. The van der Waals surface area contributed by atoms with Crippen LogP contribution in [0, 0.1) is 11.6 Å². The fourth-order valence-corrected chi connectivity index (χ4v) is 2.02. The van der Waals surface area contributed by atoms with E-state index in [1.54, 1.807) is 12.1 Å². The van der Waals surface area contributed by atoms with Crippen LogP contribution in [0.1, 0.15) is 25.1 Å². The Morgan fingerprint density at radius 2 is 2.10 bits per heavy atom. The molecule has 6 heteroatoms. The van der Waals surface area contributed by atoms with Crippen LogP contribution in [0.15, 0.2) is 34.9 Å². The summed E-state index contributed by atoms with van der Waals surface area (Å²) in [6, 6.07) is 5.56. The smallest absolute Gasteiger partial charge is 0.201 e. The molecule has 2 aromatic rings. The van der Waals surface area contributed by atoms with E-state index in [9.17, 15) is 8.78 Å². The summed E-state index contributed by atoms with van der Waals surface area (Å²) in [7, 11) is 0. The van der Waals surface area contributed by atoms with E-state index in [0.717, 1.165) is 18.2 Å². The van der Waals surface area contributed by atoms with E-state index >= 15 is 0 Å². The van der Waals surface area contributed by atoms with Crippen molar-refractivity contribution < 1.29 is 13.5 Å². The monoisotopic (exact) mass is 342 g/mol. The number of hydrogen-bond acceptors (Lipinski definition) is 3. The predicted molar refractivity (Wildman–Crippen MR) is 75.6 cm³/mol. The van der Waals surface area contributed by atoms with Crippen molar-refractivity contribution in [2.45, 2.75) is 19.4 Å². The maximum Gasteiger partial charge on any atom is 0.201 e. The van der Waals surface area contributed by atoms with Crippen molar-refractivity contribution in [2.75, 3.05) is 0 Å². The zero-order chi connectivity index (χ0) is 14.7. The van der Waals surface area contributed by atoms with E-state index in [4.69, 9.17) is 10.5 Å². The summed E-state index contributed by atoms with van der Waals surface area (Å²) >= 11 is 3.08. The second-order valence-electron chi connectivity index (χ2n) is 4.24. The third kappa shape index (κ3) is 3.32. The molecule has 0 saturated carbocycles. The van der Waals surface area contributed by atoms with E-state index in [1.165, 1.54) is 12.3 Å². The molecule has 0 radical (unpaired) electrons. The van der Waals surface area contributed by atoms with Gasteiger partial charge in [-0.25, -0.2) is 4.39 Å². The molecule has 0 aliphatic rings. The first-order valence-electron chi connectivity index (χ1n) is 6.05. The van der Waals surface area contributed by atoms with Crippen LogP contribution in [0.3, 0.4) is 0 Å². The summed E-state index contributed by atoms with van der Waals surface area (Å²) in [5, 5.41) is 0. The molecule has 0 saturated heterocycles. The third-order valence-electron chi connectivity index (χ3n) is 2.77. The fourth-order valence-electron chi connectivity index (χ4n) is 1.61. The van der Waals surface area contributed by atoms with Gasteiger partial charge >= 0.3 is 0 Å². The Labute approximate surface area is 123 Å². The number of aromatic nitrogens is 1. The lowest BCUT2D eigenvalue weighted by atomic mass is 10.1. The first kappa shape index (κ1) is 14.9. The molecule has 0 unspecified atom stereocenters. The number of ether oxygens (including phenoxy) is 1. The molecule has 1 heterocycles. The largest absolute Gasteiger partial charge is 0.453 e. The third-order valence-corrected chi connectivity index (χ3v) is 3.22. The van der Waals surface area contributed by atoms with E-state index in [0.29, 0.717) is 10.2 Å². The van der Waals surface area contributed by atoms with E-state index in [2.05, 4.69) is 20.9 Å². The van der Waals surface area contributed by atoms with Crippen LogP contribution >= 0.6 is 15.9 Å². The zero-order valence-electron chi connectivity index (χ0n) is 10.7. The van der Waals surface area contributed by atoms with Gasteiger partial charge in [0.25, 0.3) is 0 Å². The Morgan fingerprint density at radius 3 is 2.70 bits per heavy atom. The van der Waals surface area contributed by atoms with E-state index < -0.39 is 11.6 Å². The first-order valence-corrected chi connectivity index (χ1v) is 6.84. The highest BCUT2D eigenvalue weighted by atomic mass is 79.9. The SMILES string of the molecule is CC[C@H](N)c1ccc(Oc2cc(Br)cc(F)c2F)cn1. The van der Waals surface area contributed by atoms with Crippen molar-refractivity contribution in [3.05, 3.63) is 52.3 Å². The maximum absolute atomic E-state index is 13.6. The van der Waals surface area contributed by atoms with Crippen LogP contribution in [0.4, 0.5) is 8.78 Å². The van der Waals surface area contributed by atoms with Gasteiger partial charge in [-0.2, -0.15) is 4.39 Å². The normalized spacial score (nSPS) is 12.2. The van der Waals surface area contributed by atoms with Gasteiger partial charge in [0.1, 0.15) is 5.75 Å². The first-order chi connectivity index (χ1) is 9.51. The highest BCUT2D eigenvalue weighted by Gasteiger charge is 2.13. The summed E-state index contributed by atoms with van der Waals surface area (Å²) in [5.74, 6) is -1.91. The average Bonchev–Trinajstić information content (AvgIpc) is 2.44. The summed E-state index contributed by atoms with van der Waals surface area (Å²) < 4.78 is 32.5. The number of hydrogen-bond donors (Lipinski definition) is 1. The molecule has 1 atom stereocenters. The Balaban J connectivity index is 2.22. The van der Waals surface area contributed by atoms with Gasteiger partial charge in [-0.1, -0.05) is 22.9 Å². The number of pyridine rings is 1. The maximum atomic E-state index is 13.6. The molecule has 0 aliphatic carbocycles. The zero-order valence-corrected chi connectivity index (χ0v) is 12.3. The highest BCUT2D eigenvalue weighted by Crippen LogP contribution is 2.29. The average molecular weight is 343 g/mol. The van der Waals surface area contributed by atoms with Gasteiger partial charge in [0.15, 0.2) is 11.6 Å². The van der Waals surface area contributed by atoms with Crippen LogP contribution < -0.4 is 10.5 Å². The van der Waals surface area contributed by atoms with Crippen LogP contribution in [-0.4, -0.2) is 4.98 Å². The summed E-state index contributed by atoms with van der Waals surface area (Å²) in [6.07, 6.45) is 2.20. The molecule has 0 bridgehead atoms. The van der Waals surface area contributed by atoms with Crippen LogP contribution in [-0.2, 0) is 0 Å². The van der Waals surface area contributed by atoms with Crippen LogP contribution in [0.2, 0.25) is 0 Å². The Hall–Kier alpha value is -1.53. The number of halogens is 3. The van der Waals surface area contributed by atoms with Crippen LogP contribution in [0.5, 0.6) is 11.5 Å². The minimum atomic E-state index is -1.04. The standard InChI is InChI=1S/C14H13BrF2N2O/c1-2-11(18)12-4-3-9(7-19-12)20-13-6-8(15)5-10(16)14(13)17/h3-7,11H,2,18H2,1H3/t11-/m0/s1. The Kier molecular flexibility index (Phi) is 4.67. The molecule has 0 amide bonds. The summed E-state index contributed by atoms with van der Waals surface area (Å²) in [4.78, 5) is 4.14. The quantitative estimate of drug-likeness (QED) is 0.841. The highest BCUT2D eigenvalue weighted by molar-refractivity contribution is 9.10. The van der Waals surface area contributed by atoms with Crippen molar-refractivity contribution in [2.24, 2.45) is 5.73 Å². The Bertz CT molecular complexity index is 605. The lowest BCUT2D eigenvalue weighted by molar-refractivity contribution is 0.414. The molecule has 2 N–H and O–H groups in total. The van der Waals surface area contributed by atoms with E-state index in [1.807, 2.05) is 6.92 Å². The van der Waals surface area contributed by atoms with E-state index in [-0.39, 0.29) is 11.8 Å². The number of benzene rings is 1. The van der Waals surface area contributed by atoms with Gasteiger partial charge in [-0.3, -0.25) is 4.98 Å². The number of nitrogens with zero attached hydrogens (tertiary/aromatic N) is 1. The van der Waals surface area contributed by atoms with Crippen molar-refractivity contribution in [1.29, 1.82) is 0 Å². The van der Waals surface area contributed by atoms with Gasteiger partial charge < -0.3 is 10.5 Å². The van der Waals surface area contributed by atoms with Crippen molar-refractivity contribution in [1.82, 2.24) is 4.98 Å². The molecule has 0 fully saturated rings. The van der Waals surface area contributed by atoms with Gasteiger partial charge in [0, 0.05) is 10.5 Å². The van der Waals surface area contributed by atoms with Gasteiger partial charge in [0.2, 0.25) is 5.82 Å². The second-order valence-corrected chi connectivity index (χ2v) is 5.15. The fraction of sp³-hybridized carbons (Fsp3) is 0.214. The van der Waals surface area contributed by atoms with Gasteiger partial charge in [-0.15, -0.1) is 0 Å². The molecule has 0 aliphatic heterocycles. The number of rotatable bonds is 4. The molecular weight excluding hydrogens is 330 g/mol. The Morgan fingerprint density at radius 1 is 1.35 bits per heavy atom. The molecule has 1 aromatic heterocycles. The molecule has 1 aromatic carbocycles. The topological polar surface area (TPSA) is 48.1 Å². The summed E-state index contributed by atoms with van der Waals surface area (Å²) in [6.45, 7) is 1.95. The van der Waals surface area contributed by atoms with Crippen molar-refractivity contribution in [3.8, 4) is 11.5 Å². The molecule has 3 nitrogen and oxygen atoms in total. The van der Waals surface area contributed by atoms with Crippen LogP contribution in [0.25, 0.3) is 0 Å². The predicted octanol–water partition coefficient (Wildman–Crippen LogP) is 4.32. The molecule has 0 spiro atoms. The summed E-state index contributed by atoms with van der Waals surface area (Å²) in [5.41, 5.74) is 6.56. The van der Waals surface area contributed by atoms with Gasteiger partial charge in [-0.05, 0) is 30.7 Å². The van der Waals surface area contributed by atoms with Gasteiger partial charge in [0.05, 0.1) is 11.9 Å². The molecule has 106 valence electrons. The minimum absolute atomic E-state index is 0.149. The van der Waals surface area contributed by atoms with Crippen molar-refractivity contribution >= 4 is 15.9 Å². The molecule has 2 rings (SSSR count). The molecule has 20 heavy (non-hydrogen) atoms. The lowest BCUT2D eigenvalue weighted by Crippen LogP contribution is -2.10.